The predicted molar refractivity (Wildman–Crippen MR) is 68.0 cm³/mol. The van der Waals surface area contributed by atoms with Crippen molar-refractivity contribution in [1.29, 1.82) is 0 Å². The van der Waals surface area contributed by atoms with E-state index in [1.54, 1.807) is 15.9 Å². The molecule has 0 aliphatic rings. The molecule has 0 amide bonds. The second kappa shape index (κ2) is 3.92. The molecular formula is C12H9N3O2S. The van der Waals surface area contributed by atoms with Crippen molar-refractivity contribution in [3.05, 3.63) is 41.0 Å². The van der Waals surface area contributed by atoms with Crippen molar-refractivity contribution in [2.75, 3.05) is 0 Å². The minimum absolute atomic E-state index is 0.00547. The highest BCUT2D eigenvalue weighted by Crippen LogP contribution is 2.25. The number of aryl methyl sites for hydroxylation is 1. The lowest BCUT2D eigenvalue weighted by atomic mass is 10.3. The molecule has 0 unspecified atom stereocenters. The van der Waals surface area contributed by atoms with Gasteiger partial charge in [0.2, 0.25) is 0 Å². The van der Waals surface area contributed by atoms with Gasteiger partial charge < -0.3 is 5.11 Å². The molecule has 0 aliphatic carbocycles. The van der Waals surface area contributed by atoms with Gasteiger partial charge in [0.05, 0.1) is 10.6 Å². The summed E-state index contributed by atoms with van der Waals surface area (Å²) in [5, 5.41) is 15.0. The lowest BCUT2D eigenvalue weighted by molar-refractivity contribution is 0.0690. The highest BCUT2D eigenvalue weighted by molar-refractivity contribution is 7.13. The van der Waals surface area contributed by atoms with Gasteiger partial charge in [-0.3, -0.25) is 0 Å². The molecule has 3 aromatic heterocycles. The van der Waals surface area contributed by atoms with Gasteiger partial charge in [-0.2, -0.15) is 5.10 Å². The summed E-state index contributed by atoms with van der Waals surface area (Å²) in [6.45, 7) is 1.88. The summed E-state index contributed by atoms with van der Waals surface area (Å²) >= 11 is 1.58. The SMILES string of the molecule is Cc1cc(-c2cccs2)n2nc(C(=O)O)cc2n1. The van der Waals surface area contributed by atoms with Crippen molar-refractivity contribution in [3.8, 4) is 10.6 Å². The Morgan fingerprint density at radius 2 is 2.28 bits per heavy atom. The van der Waals surface area contributed by atoms with Crippen molar-refractivity contribution >= 4 is 23.0 Å². The molecule has 3 rings (SSSR count). The third-order valence-corrected chi connectivity index (χ3v) is 3.44. The van der Waals surface area contributed by atoms with E-state index >= 15 is 0 Å². The standard InChI is InChI=1S/C12H9N3O2S/c1-7-5-9(10-3-2-4-18-10)15-11(13-7)6-8(14-15)12(16)17/h2-6H,1H3,(H,16,17). The average molecular weight is 259 g/mol. The van der Waals surface area contributed by atoms with E-state index in [1.165, 1.54) is 6.07 Å². The fraction of sp³-hybridized carbons (Fsp3) is 0.0833. The summed E-state index contributed by atoms with van der Waals surface area (Å²) in [4.78, 5) is 16.3. The Hall–Kier alpha value is -2.21. The summed E-state index contributed by atoms with van der Waals surface area (Å²) in [5.41, 5.74) is 2.25. The third-order valence-electron chi connectivity index (χ3n) is 2.55. The number of nitrogens with zero attached hydrogens (tertiary/aromatic N) is 3. The third kappa shape index (κ3) is 1.67. The van der Waals surface area contributed by atoms with E-state index in [0.29, 0.717) is 5.65 Å². The molecule has 6 heteroatoms. The molecule has 90 valence electrons. The molecule has 0 atom stereocenters. The number of hydrogen-bond donors (Lipinski definition) is 1. The molecule has 3 aromatic rings. The number of aromatic nitrogens is 3. The number of carboxylic acids is 1. The van der Waals surface area contributed by atoms with Crippen molar-refractivity contribution in [2.24, 2.45) is 0 Å². The van der Waals surface area contributed by atoms with Gasteiger partial charge in [-0.25, -0.2) is 14.3 Å². The number of thiophene rings is 1. The van der Waals surface area contributed by atoms with E-state index < -0.39 is 5.97 Å². The highest BCUT2D eigenvalue weighted by atomic mass is 32.1. The molecule has 0 spiro atoms. The zero-order valence-corrected chi connectivity index (χ0v) is 10.3. The van der Waals surface area contributed by atoms with E-state index in [9.17, 15) is 4.79 Å². The lowest BCUT2D eigenvalue weighted by Gasteiger charge is -2.03. The molecule has 0 saturated heterocycles. The monoisotopic (exact) mass is 259 g/mol. The van der Waals surface area contributed by atoms with Crippen LogP contribution in [0.1, 0.15) is 16.2 Å². The molecule has 0 fully saturated rings. The summed E-state index contributed by atoms with van der Waals surface area (Å²) < 4.78 is 1.57. The normalized spacial score (nSPS) is 10.9. The van der Waals surface area contributed by atoms with Gasteiger partial charge in [0.25, 0.3) is 0 Å². The van der Waals surface area contributed by atoms with Crippen molar-refractivity contribution in [2.45, 2.75) is 6.92 Å². The van der Waals surface area contributed by atoms with Crippen molar-refractivity contribution in [3.63, 3.8) is 0 Å². The van der Waals surface area contributed by atoms with Crippen LogP contribution in [0.4, 0.5) is 0 Å². The van der Waals surface area contributed by atoms with Crippen LogP contribution in [-0.4, -0.2) is 25.7 Å². The average Bonchev–Trinajstić information content (AvgIpc) is 2.96. The van der Waals surface area contributed by atoms with Crippen LogP contribution in [0, 0.1) is 6.92 Å². The van der Waals surface area contributed by atoms with Crippen LogP contribution in [0.5, 0.6) is 0 Å². The number of fused-ring (bicyclic) bond motifs is 1. The van der Waals surface area contributed by atoms with Gasteiger partial charge in [0.1, 0.15) is 0 Å². The first kappa shape index (κ1) is 10.9. The van der Waals surface area contributed by atoms with Gasteiger partial charge in [-0.15, -0.1) is 11.3 Å². The second-order valence-electron chi connectivity index (χ2n) is 3.86. The maximum Gasteiger partial charge on any atom is 0.356 e. The summed E-state index contributed by atoms with van der Waals surface area (Å²) in [7, 11) is 0. The molecule has 0 aliphatic heterocycles. The predicted octanol–water partition coefficient (Wildman–Crippen LogP) is 2.46. The number of aromatic carboxylic acids is 1. The Balaban J connectivity index is 2.33. The molecule has 0 bridgehead atoms. The first-order chi connectivity index (χ1) is 8.65. The van der Waals surface area contributed by atoms with E-state index in [2.05, 4.69) is 10.1 Å². The highest BCUT2D eigenvalue weighted by Gasteiger charge is 2.14. The zero-order valence-electron chi connectivity index (χ0n) is 9.49. The van der Waals surface area contributed by atoms with Crippen LogP contribution in [0.2, 0.25) is 0 Å². The number of carbonyl (C=O) groups is 1. The van der Waals surface area contributed by atoms with Crippen LogP contribution >= 0.6 is 11.3 Å². The summed E-state index contributed by atoms with van der Waals surface area (Å²) in [5.74, 6) is -1.05. The Morgan fingerprint density at radius 1 is 1.44 bits per heavy atom. The second-order valence-corrected chi connectivity index (χ2v) is 4.81. The van der Waals surface area contributed by atoms with Gasteiger partial charge >= 0.3 is 5.97 Å². The van der Waals surface area contributed by atoms with Crippen molar-refractivity contribution in [1.82, 2.24) is 14.6 Å². The number of hydrogen-bond acceptors (Lipinski definition) is 4. The Bertz CT molecular complexity index is 731. The van der Waals surface area contributed by atoms with Crippen LogP contribution in [0.15, 0.2) is 29.6 Å². The fourth-order valence-electron chi connectivity index (χ4n) is 1.80. The lowest BCUT2D eigenvalue weighted by Crippen LogP contribution is -2.00. The number of carboxylic acid groups (broad SMARTS) is 1. The molecular weight excluding hydrogens is 250 g/mol. The zero-order chi connectivity index (χ0) is 12.7. The maximum absolute atomic E-state index is 11.0. The van der Waals surface area contributed by atoms with Crippen LogP contribution in [0.25, 0.3) is 16.2 Å². The van der Waals surface area contributed by atoms with E-state index in [-0.39, 0.29) is 5.69 Å². The Labute approximate surface area is 106 Å². The maximum atomic E-state index is 11.0. The van der Waals surface area contributed by atoms with Crippen LogP contribution in [-0.2, 0) is 0 Å². The summed E-state index contributed by atoms with van der Waals surface area (Å²) in [6.07, 6.45) is 0. The van der Waals surface area contributed by atoms with Crippen LogP contribution < -0.4 is 0 Å². The number of rotatable bonds is 2. The fourth-order valence-corrected chi connectivity index (χ4v) is 2.53. The Morgan fingerprint density at radius 3 is 2.94 bits per heavy atom. The smallest absolute Gasteiger partial charge is 0.356 e. The van der Waals surface area contributed by atoms with Gasteiger partial charge in [-0.1, -0.05) is 6.07 Å². The van der Waals surface area contributed by atoms with E-state index in [1.807, 2.05) is 30.5 Å². The quantitative estimate of drug-likeness (QED) is 0.767. The molecule has 0 saturated carbocycles. The molecule has 18 heavy (non-hydrogen) atoms. The van der Waals surface area contributed by atoms with Crippen LogP contribution in [0.3, 0.4) is 0 Å². The molecule has 0 aromatic carbocycles. The van der Waals surface area contributed by atoms with Gasteiger partial charge in [0, 0.05) is 11.8 Å². The first-order valence-corrected chi connectivity index (χ1v) is 6.18. The van der Waals surface area contributed by atoms with Gasteiger partial charge in [-0.05, 0) is 24.4 Å². The largest absolute Gasteiger partial charge is 0.476 e. The molecule has 3 heterocycles. The summed E-state index contributed by atoms with van der Waals surface area (Å²) in [6, 6.07) is 7.30. The van der Waals surface area contributed by atoms with Gasteiger partial charge in [0.15, 0.2) is 11.3 Å². The molecule has 0 radical (unpaired) electrons. The van der Waals surface area contributed by atoms with Crippen molar-refractivity contribution < 1.29 is 9.90 Å². The minimum Gasteiger partial charge on any atom is -0.476 e. The topological polar surface area (TPSA) is 67.5 Å². The Kier molecular flexibility index (Phi) is 2.38. The molecule has 1 N–H and O–H groups in total. The minimum atomic E-state index is -1.05. The first-order valence-electron chi connectivity index (χ1n) is 5.30. The molecule has 5 nitrogen and oxygen atoms in total. The van der Waals surface area contributed by atoms with E-state index in [0.717, 1.165) is 16.3 Å². The van der Waals surface area contributed by atoms with E-state index in [4.69, 9.17) is 5.11 Å².